The first-order valence-corrected chi connectivity index (χ1v) is 5.04. The van der Waals surface area contributed by atoms with Gasteiger partial charge < -0.3 is 4.74 Å². The van der Waals surface area contributed by atoms with Crippen molar-refractivity contribution in [3.05, 3.63) is 11.3 Å². The van der Waals surface area contributed by atoms with Crippen molar-refractivity contribution in [2.75, 3.05) is 7.11 Å². The SMILES string of the molecule is CCCCC(OC)=C(CC)CC. The molecule has 0 fully saturated rings. The first kappa shape index (κ1) is 11.5. The monoisotopic (exact) mass is 170 g/mol. The van der Waals surface area contributed by atoms with Crippen LogP contribution in [0.5, 0.6) is 0 Å². The van der Waals surface area contributed by atoms with Gasteiger partial charge in [0.2, 0.25) is 0 Å². The van der Waals surface area contributed by atoms with Crippen molar-refractivity contribution in [3.63, 3.8) is 0 Å². The van der Waals surface area contributed by atoms with Gasteiger partial charge in [-0.05, 0) is 24.8 Å². The molecule has 12 heavy (non-hydrogen) atoms. The van der Waals surface area contributed by atoms with Gasteiger partial charge in [0.15, 0.2) is 0 Å². The molecule has 0 atom stereocenters. The molecule has 1 nitrogen and oxygen atoms in total. The van der Waals surface area contributed by atoms with Crippen molar-refractivity contribution in [2.45, 2.75) is 52.9 Å². The minimum Gasteiger partial charge on any atom is -0.501 e. The number of hydrogen-bond donors (Lipinski definition) is 0. The summed E-state index contributed by atoms with van der Waals surface area (Å²) in [5, 5.41) is 0. The van der Waals surface area contributed by atoms with Crippen LogP contribution >= 0.6 is 0 Å². The molecule has 0 aliphatic rings. The summed E-state index contributed by atoms with van der Waals surface area (Å²) in [4.78, 5) is 0. The minimum absolute atomic E-state index is 1.12. The van der Waals surface area contributed by atoms with E-state index in [4.69, 9.17) is 4.74 Å². The van der Waals surface area contributed by atoms with E-state index in [0.717, 1.165) is 19.3 Å². The highest BCUT2D eigenvalue weighted by Gasteiger charge is 2.02. The highest BCUT2D eigenvalue weighted by molar-refractivity contribution is 5.07. The number of rotatable bonds is 6. The number of ether oxygens (including phenoxy) is 1. The lowest BCUT2D eigenvalue weighted by atomic mass is 10.1. The predicted molar refractivity (Wildman–Crippen MR) is 54.1 cm³/mol. The summed E-state index contributed by atoms with van der Waals surface area (Å²) in [5.74, 6) is 1.22. The average molecular weight is 170 g/mol. The molecule has 0 spiro atoms. The predicted octanol–water partition coefficient (Wildman–Crippen LogP) is 3.90. The summed E-state index contributed by atoms with van der Waals surface area (Å²) in [6.07, 6.45) is 5.86. The minimum atomic E-state index is 1.12. The Kier molecular flexibility index (Phi) is 6.93. The standard InChI is InChI=1S/C11H22O/c1-5-8-9-11(12-4)10(6-2)7-3/h5-9H2,1-4H3. The zero-order valence-electron chi connectivity index (χ0n) is 8.94. The highest BCUT2D eigenvalue weighted by Crippen LogP contribution is 2.18. The van der Waals surface area contributed by atoms with Gasteiger partial charge in [-0.1, -0.05) is 27.2 Å². The van der Waals surface area contributed by atoms with Gasteiger partial charge in [0.1, 0.15) is 0 Å². The zero-order chi connectivity index (χ0) is 9.40. The van der Waals surface area contributed by atoms with E-state index in [9.17, 15) is 0 Å². The van der Waals surface area contributed by atoms with Crippen LogP contribution in [0.2, 0.25) is 0 Å². The fraction of sp³-hybridized carbons (Fsp3) is 0.818. The molecule has 0 aliphatic heterocycles. The number of unbranched alkanes of at least 4 members (excludes halogenated alkanes) is 1. The lowest BCUT2D eigenvalue weighted by Crippen LogP contribution is -1.93. The second-order valence-electron chi connectivity index (χ2n) is 3.04. The maximum Gasteiger partial charge on any atom is 0.0947 e. The van der Waals surface area contributed by atoms with Crippen LogP contribution in [0.1, 0.15) is 52.9 Å². The Morgan fingerprint density at radius 3 is 2.00 bits per heavy atom. The first-order chi connectivity index (χ1) is 5.79. The quantitative estimate of drug-likeness (QED) is 0.549. The van der Waals surface area contributed by atoms with Crippen LogP contribution in [0.25, 0.3) is 0 Å². The fourth-order valence-corrected chi connectivity index (χ4v) is 1.40. The third-order valence-corrected chi connectivity index (χ3v) is 2.25. The molecule has 0 saturated carbocycles. The molecule has 0 bridgehead atoms. The number of allylic oxidation sites excluding steroid dienone is 2. The lowest BCUT2D eigenvalue weighted by Gasteiger charge is -2.10. The van der Waals surface area contributed by atoms with Gasteiger partial charge >= 0.3 is 0 Å². The van der Waals surface area contributed by atoms with Gasteiger partial charge in [-0.3, -0.25) is 0 Å². The van der Waals surface area contributed by atoms with E-state index >= 15 is 0 Å². The maximum absolute atomic E-state index is 5.38. The smallest absolute Gasteiger partial charge is 0.0947 e. The van der Waals surface area contributed by atoms with E-state index in [1.807, 2.05) is 0 Å². The first-order valence-electron chi connectivity index (χ1n) is 5.04. The molecule has 0 aromatic heterocycles. The molecule has 0 saturated heterocycles. The van der Waals surface area contributed by atoms with Crippen molar-refractivity contribution >= 4 is 0 Å². The Morgan fingerprint density at radius 1 is 1.08 bits per heavy atom. The summed E-state index contributed by atoms with van der Waals surface area (Å²) < 4.78 is 5.38. The normalized spacial score (nSPS) is 9.67. The largest absolute Gasteiger partial charge is 0.501 e. The molecule has 0 radical (unpaired) electrons. The van der Waals surface area contributed by atoms with E-state index in [0.29, 0.717) is 0 Å². The molecule has 0 heterocycles. The van der Waals surface area contributed by atoms with Gasteiger partial charge in [0.05, 0.1) is 12.9 Å². The Balaban J connectivity index is 4.14. The van der Waals surface area contributed by atoms with Crippen LogP contribution < -0.4 is 0 Å². The van der Waals surface area contributed by atoms with Crippen LogP contribution in [0.4, 0.5) is 0 Å². The van der Waals surface area contributed by atoms with E-state index in [2.05, 4.69) is 20.8 Å². The van der Waals surface area contributed by atoms with E-state index in [1.165, 1.54) is 24.2 Å². The Hall–Kier alpha value is -0.460. The second-order valence-corrected chi connectivity index (χ2v) is 3.04. The Labute approximate surface area is 76.8 Å². The number of methoxy groups -OCH3 is 1. The summed E-state index contributed by atoms with van der Waals surface area (Å²) >= 11 is 0. The van der Waals surface area contributed by atoms with Crippen molar-refractivity contribution in [3.8, 4) is 0 Å². The molecular weight excluding hydrogens is 148 g/mol. The summed E-state index contributed by atoms with van der Waals surface area (Å²) in [6, 6.07) is 0. The van der Waals surface area contributed by atoms with Crippen LogP contribution in [0, 0.1) is 0 Å². The molecule has 0 aromatic rings. The fourth-order valence-electron chi connectivity index (χ4n) is 1.40. The molecule has 0 aliphatic carbocycles. The third kappa shape index (κ3) is 3.80. The van der Waals surface area contributed by atoms with Crippen molar-refractivity contribution < 1.29 is 4.74 Å². The van der Waals surface area contributed by atoms with Crippen LogP contribution in [-0.4, -0.2) is 7.11 Å². The molecule has 0 amide bonds. The summed E-state index contributed by atoms with van der Waals surface area (Å²) in [6.45, 7) is 6.61. The van der Waals surface area contributed by atoms with Crippen LogP contribution in [0.3, 0.4) is 0 Å². The van der Waals surface area contributed by atoms with Crippen molar-refractivity contribution in [2.24, 2.45) is 0 Å². The third-order valence-electron chi connectivity index (χ3n) is 2.25. The van der Waals surface area contributed by atoms with Crippen molar-refractivity contribution in [1.82, 2.24) is 0 Å². The van der Waals surface area contributed by atoms with Crippen molar-refractivity contribution in [1.29, 1.82) is 0 Å². The van der Waals surface area contributed by atoms with Gasteiger partial charge in [-0.2, -0.15) is 0 Å². The molecule has 0 aromatic carbocycles. The Morgan fingerprint density at radius 2 is 1.67 bits per heavy atom. The molecule has 1 heteroatoms. The summed E-state index contributed by atoms with van der Waals surface area (Å²) in [5.41, 5.74) is 1.48. The van der Waals surface area contributed by atoms with Crippen LogP contribution in [-0.2, 0) is 4.74 Å². The topological polar surface area (TPSA) is 9.23 Å². The maximum atomic E-state index is 5.38. The number of hydrogen-bond acceptors (Lipinski definition) is 1. The highest BCUT2D eigenvalue weighted by atomic mass is 16.5. The van der Waals surface area contributed by atoms with Gasteiger partial charge in [-0.25, -0.2) is 0 Å². The molecule has 0 N–H and O–H groups in total. The lowest BCUT2D eigenvalue weighted by molar-refractivity contribution is 0.267. The molecule has 0 unspecified atom stereocenters. The molecule has 72 valence electrons. The zero-order valence-corrected chi connectivity index (χ0v) is 8.94. The van der Waals surface area contributed by atoms with E-state index in [1.54, 1.807) is 7.11 Å². The average Bonchev–Trinajstić information content (AvgIpc) is 2.12. The van der Waals surface area contributed by atoms with E-state index in [-0.39, 0.29) is 0 Å². The molecular formula is C11H22O. The van der Waals surface area contributed by atoms with Gasteiger partial charge in [0, 0.05) is 6.42 Å². The van der Waals surface area contributed by atoms with Gasteiger partial charge in [-0.15, -0.1) is 0 Å². The van der Waals surface area contributed by atoms with Gasteiger partial charge in [0.25, 0.3) is 0 Å². The summed E-state index contributed by atoms with van der Waals surface area (Å²) in [7, 11) is 1.79. The van der Waals surface area contributed by atoms with Crippen LogP contribution in [0.15, 0.2) is 11.3 Å². The Bertz CT molecular complexity index is 130. The molecule has 0 rings (SSSR count). The second kappa shape index (κ2) is 7.20. The van der Waals surface area contributed by atoms with E-state index < -0.39 is 0 Å².